The topological polar surface area (TPSA) is 57.6 Å². The molecular formula is C14H19F2NO3S. The zero-order valence-electron chi connectivity index (χ0n) is 11.8. The zero-order chi connectivity index (χ0) is 15.6. The van der Waals surface area contributed by atoms with Crippen LogP contribution < -0.4 is 0 Å². The smallest absolute Gasteiger partial charge is 0.245 e. The maximum atomic E-state index is 14.2. The van der Waals surface area contributed by atoms with Crippen LogP contribution in [0, 0.1) is 17.6 Å². The van der Waals surface area contributed by atoms with Gasteiger partial charge in [0.05, 0.1) is 12.2 Å². The highest BCUT2D eigenvalue weighted by molar-refractivity contribution is 7.89. The van der Waals surface area contributed by atoms with Crippen molar-refractivity contribution in [3.05, 3.63) is 29.3 Å². The minimum Gasteiger partial charge on any atom is -0.391 e. The second-order valence-corrected chi connectivity index (χ2v) is 7.34. The van der Waals surface area contributed by atoms with Gasteiger partial charge in [-0.1, -0.05) is 6.92 Å². The highest BCUT2D eigenvalue weighted by Crippen LogP contribution is 2.27. The van der Waals surface area contributed by atoms with E-state index in [1.165, 1.54) is 4.31 Å². The Morgan fingerprint density at radius 2 is 2.00 bits per heavy atom. The van der Waals surface area contributed by atoms with E-state index in [1.807, 2.05) is 0 Å². The fourth-order valence-electron chi connectivity index (χ4n) is 2.54. The first-order valence-corrected chi connectivity index (χ1v) is 8.39. The van der Waals surface area contributed by atoms with Crippen LogP contribution in [0.2, 0.25) is 0 Å². The lowest BCUT2D eigenvalue weighted by Gasteiger charge is -2.21. The third kappa shape index (κ3) is 3.25. The molecule has 0 saturated carbocycles. The number of rotatable bonds is 3. The maximum Gasteiger partial charge on any atom is 0.245 e. The lowest BCUT2D eigenvalue weighted by Crippen LogP contribution is -2.33. The van der Waals surface area contributed by atoms with Gasteiger partial charge in [-0.05, 0) is 37.3 Å². The number of halogens is 2. The average Bonchev–Trinajstić information content (AvgIpc) is 2.64. The van der Waals surface area contributed by atoms with E-state index >= 15 is 0 Å². The lowest BCUT2D eigenvalue weighted by molar-refractivity contribution is 0.267. The van der Waals surface area contributed by atoms with E-state index < -0.39 is 38.7 Å². The molecule has 1 aliphatic heterocycles. The third-order valence-electron chi connectivity index (χ3n) is 3.90. The van der Waals surface area contributed by atoms with E-state index in [0.29, 0.717) is 19.0 Å². The molecule has 0 spiro atoms. The lowest BCUT2D eigenvalue weighted by atomic mass is 10.0. The fraction of sp³-hybridized carbons (Fsp3) is 0.571. The first-order chi connectivity index (χ1) is 9.87. The van der Waals surface area contributed by atoms with Crippen LogP contribution in [0.25, 0.3) is 0 Å². The standard InChI is InChI=1S/C14H19F2NO3S/c1-10-3-2-7-17(8-6-10)21(19,20)13-5-4-12(15)11(9-18)14(13)16/h4-5,10,18H,2-3,6-9H2,1H3. The molecule has 2 rings (SSSR count). The Morgan fingerprint density at radius 1 is 1.29 bits per heavy atom. The molecule has 1 N–H and O–H groups in total. The number of hydrogen-bond donors (Lipinski definition) is 1. The van der Waals surface area contributed by atoms with Crippen molar-refractivity contribution in [2.24, 2.45) is 5.92 Å². The van der Waals surface area contributed by atoms with Gasteiger partial charge in [0.25, 0.3) is 0 Å². The van der Waals surface area contributed by atoms with Crippen LogP contribution in [0.1, 0.15) is 31.7 Å². The SMILES string of the molecule is CC1CCCN(S(=O)(=O)c2ccc(F)c(CO)c2F)CC1. The average molecular weight is 319 g/mol. The predicted molar refractivity (Wildman–Crippen MR) is 74.1 cm³/mol. The van der Waals surface area contributed by atoms with Crippen LogP contribution in [0.4, 0.5) is 8.78 Å². The van der Waals surface area contributed by atoms with Crippen molar-refractivity contribution in [2.75, 3.05) is 13.1 Å². The van der Waals surface area contributed by atoms with Gasteiger partial charge in [0.1, 0.15) is 10.7 Å². The van der Waals surface area contributed by atoms with Crippen LogP contribution >= 0.6 is 0 Å². The molecule has 0 bridgehead atoms. The van der Waals surface area contributed by atoms with E-state index in [9.17, 15) is 17.2 Å². The van der Waals surface area contributed by atoms with Crippen molar-refractivity contribution in [3.63, 3.8) is 0 Å². The molecule has 0 aliphatic carbocycles. The summed E-state index contributed by atoms with van der Waals surface area (Å²) in [6.45, 7) is 1.84. The van der Waals surface area contributed by atoms with Gasteiger partial charge in [-0.25, -0.2) is 17.2 Å². The summed E-state index contributed by atoms with van der Waals surface area (Å²) in [7, 11) is -4.01. The summed E-state index contributed by atoms with van der Waals surface area (Å²) in [4.78, 5) is -0.567. The molecule has 1 saturated heterocycles. The Morgan fingerprint density at radius 3 is 2.67 bits per heavy atom. The van der Waals surface area contributed by atoms with Crippen LogP contribution in [0.5, 0.6) is 0 Å². The van der Waals surface area contributed by atoms with E-state index in [4.69, 9.17) is 5.11 Å². The number of aliphatic hydroxyl groups excluding tert-OH is 1. The Kier molecular flexibility index (Phi) is 4.95. The summed E-state index contributed by atoms with van der Waals surface area (Å²) in [6, 6.07) is 1.80. The number of benzene rings is 1. The normalized spacial score (nSPS) is 21.2. The number of nitrogens with zero attached hydrogens (tertiary/aromatic N) is 1. The van der Waals surface area contributed by atoms with Gasteiger partial charge in [-0.3, -0.25) is 0 Å². The van der Waals surface area contributed by atoms with Crippen molar-refractivity contribution < 1.29 is 22.3 Å². The Labute approximate surface area is 123 Å². The summed E-state index contributed by atoms with van der Waals surface area (Å²) in [5.41, 5.74) is -0.612. The van der Waals surface area contributed by atoms with Crippen molar-refractivity contribution >= 4 is 10.0 Å². The zero-order valence-corrected chi connectivity index (χ0v) is 12.7. The Balaban J connectivity index is 2.40. The molecule has 1 aliphatic rings. The summed E-state index contributed by atoms with van der Waals surface area (Å²) in [5.74, 6) is -1.72. The number of sulfonamides is 1. The quantitative estimate of drug-likeness (QED) is 0.930. The van der Waals surface area contributed by atoms with Gasteiger partial charge in [0.15, 0.2) is 5.82 Å². The van der Waals surface area contributed by atoms with E-state index in [-0.39, 0.29) is 0 Å². The monoisotopic (exact) mass is 319 g/mol. The third-order valence-corrected chi connectivity index (χ3v) is 5.82. The van der Waals surface area contributed by atoms with Crippen LogP contribution in [0.15, 0.2) is 17.0 Å². The van der Waals surface area contributed by atoms with Gasteiger partial charge in [0.2, 0.25) is 10.0 Å². The molecular weight excluding hydrogens is 300 g/mol. The molecule has 4 nitrogen and oxygen atoms in total. The molecule has 1 fully saturated rings. The molecule has 1 atom stereocenters. The molecule has 0 amide bonds. The van der Waals surface area contributed by atoms with Crippen LogP contribution in [-0.2, 0) is 16.6 Å². The van der Waals surface area contributed by atoms with E-state index in [2.05, 4.69) is 6.92 Å². The van der Waals surface area contributed by atoms with E-state index in [1.54, 1.807) is 0 Å². The van der Waals surface area contributed by atoms with Crippen LogP contribution in [0.3, 0.4) is 0 Å². The highest BCUT2D eigenvalue weighted by Gasteiger charge is 2.30. The van der Waals surface area contributed by atoms with Crippen molar-refractivity contribution in [1.29, 1.82) is 0 Å². The van der Waals surface area contributed by atoms with Crippen molar-refractivity contribution in [3.8, 4) is 0 Å². The molecule has 0 radical (unpaired) electrons. The molecule has 118 valence electrons. The van der Waals surface area contributed by atoms with Gasteiger partial charge in [0, 0.05) is 13.1 Å². The van der Waals surface area contributed by atoms with Crippen molar-refractivity contribution in [2.45, 2.75) is 37.7 Å². The van der Waals surface area contributed by atoms with Gasteiger partial charge < -0.3 is 5.11 Å². The molecule has 1 aromatic carbocycles. The minimum atomic E-state index is -4.01. The molecule has 21 heavy (non-hydrogen) atoms. The molecule has 7 heteroatoms. The first-order valence-electron chi connectivity index (χ1n) is 6.95. The Bertz CT molecular complexity index is 619. The summed E-state index contributed by atoms with van der Waals surface area (Å²) < 4.78 is 53.8. The van der Waals surface area contributed by atoms with Gasteiger partial charge in [-0.15, -0.1) is 0 Å². The maximum absolute atomic E-state index is 14.2. The number of hydrogen-bond acceptors (Lipinski definition) is 3. The molecule has 1 aromatic rings. The highest BCUT2D eigenvalue weighted by atomic mass is 32.2. The number of aliphatic hydroxyl groups is 1. The second kappa shape index (κ2) is 6.37. The minimum absolute atomic E-state index is 0.328. The Hall–Kier alpha value is -1.05. The van der Waals surface area contributed by atoms with E-state index in [0.717, 1.165) is 31.4 Å². The fourth-order valence-corrected chi connectivity index (χ4v) is 4.12. The van der Waals surface area contributed by atoms with Crippen molar-refractivity contribution in [1.82, 2.24) is 4.31 Å². The summed E-state index contributed by atoms with van der Waals surface area (Å²) >= 11 is 0. The molecule has 0 aromatic heterocycles. The summed E-state index contributed by atoms with van der Waals surface area (Å²) in [6.07, 6.45) is 2.37. The van der Waals surface area contributed by atoms with Gasteiger partial charge >= 0.3 is 0 Å². The van der Waals surface area contributed by atoms with Gasteiger partial charge in [-0.2, -0.15) is 4.31 Å². The predicted octanol–water partition coefficient (Wildman–Crippen LogP) is 2.27. The first kappa shape index (κ1) is 16.3. The molecule has 1 heterocycles. The second-order valence-electron chi connectivity index (χ2n) is 5.44. The van der Waals surface area contributed by atoms with Crippen LogP contribution in [-0.4, -0.2) is 30.9 Å². The largest absolute Gasteiger partial charge is 0.391 e. The molecule has 1 unspecified atom stereocenters. The summed E-state index contributed by atoms with van der Waals surface area (Å²) in [5, 5.41) is 8.99.